The van der Waals surface area contributed by atoms with E-state index < -0.39 is 0 Å². The van der Waals surface area contributed by atoms with E-state index in [1.54, 1.807) is 23.1 Å². The van der Waals surface area contributed by atoms with E-state index in [2.05, 4.69) is 25.5 Å². The van der Waals surface area contributed by atoms with Crippen molar-refractivity contribution in [1.29, 1.82) is 0 Å². The van der Waals surface area contributed by atoms with Gasteiger partial charge in [0.1, 0.15) is 6.33 Å². The number of nitrogens with zero attached hydrogens (tertiary/aromatic N) is 3. The van der Waals surface area contributed by atoms with Gasteiger partial charge in [-0.3, -0.25) is 15.2 Å². The van der Waals surface area contributed by atoms with Gasteiger partial charge in [0.2, 0.25) is 0 Å². The highest BCUT2D eigenvalue weighted by atomic mass is 32.2. The molecule has 0 bridgehead atoms. The maximum absolute atomic E-state index is 12.4. The van der Waals surface area contributed by atoms with Crippen molar-refractivity contribution in [2.75, 3.05) is 5.32 Å². The Morgan fingerprint density at radius 2 is 2.08 bits per heavy atom. The van der Waals surface area contributed by atoms with Gasteiger partial charge in [-0.15, -0.1) is 11.3 Å². The molecule has 1 aliphatic rings. The molecule has 0 atom stereocenters. The lowest BCUT2D eigenvalue weighted by molar-refractivity contribution is 0.102. The first-order chi connectivity index (χ1) is 12.3. The second kappa shape index (κ2) is 7.37. The number of amides is 1. The lowest BCUT2D eigenvalue weighted by atomic mass is 10.0. The Labute approximate surface area is 153 Å². The molecule has 0 saturated carbocycles. The van der Waals surface area contributed by atoms with E-state index in [1.807, 2.05) is 24.3 Å². The average molecular weight is 371 g/mol. The SMILES string of the molecule is O=C(Nc1nc2c(s1)CCCC2)c1ccc(CSc2ncn[nH]2)cc1. The fraction of sp³-hybridized carbons (Fsp3) is 0.294. The first-order valence-corrected chi connectivity index (χ1v) is 9.95. The molecule has 1 amide bonds. The standard InChI is InChI=1S/C17H17N5OS2/c23-15(21-17-20-13-3-1-2-4-14(13)25-17)12-7-5-11(6-8-12)9-24-16-18-10-19-22-16/h5-8,10H,1-4,9H2,(H,18,19,22)(H,20,21,23). The van der Waals surface area contributed by atoms with Gasteiger partial charge in [0.15, 0.2) is 10.3 Å². The number of carbonyl (C=O) groups excluding carboxylic acids is 1. The fourth-order valence-electron chi connectivity index (χ4n) is 2.74. The van der Waals surface area contributed by atoms with Gasteiger partial charge in [-0.05, 0) is 43.4 Å². The molecule has 128 valence electrons. The molecule has 25 heavy (non-hydrogen) atoms. The third-order valence-electron chi connectivity index (χ3n) is 4.05. The maximum atomic E-state index is 12.4. The van der Waals surface area contributed by atoms with Crippen LogP contribution in [0.25, 0.3) is 0 Å². The molecule has 0 saturated heterocycles. The number of nitrogens with one attached hydrogen (secondary N) is 2. The molecule has 0 aliphatic heterocycles. The lowest BCUT2D eigenvalue weighted by Gasteiger charge is -2.06. The molecule has 6 nitrogen and oxygen atoms in total. The summed E-state index contributed by atoms with van der Waals surface area (Å²) < 4.78 is 0. The number of aryl methyl sites for hydroxylation is 2. The predicted molar refractivity (Wildman–Crippen MR) is 99.1 cm³/mol. The quantitative estimate of drug-likeness (QED) is 0.668. The highest BCUT2D eigenvalue weighted by Crippen LogP contribution is 2.29. The predicted octanol–water partition coefficient (Wildman–Crippen LogP) is 3.68. The van der Waals surface area contributed by atoms with Crippen LogP contribution in [0, 0.1) is 0 Å². The number of benzene rings is 1. The van der Waals surface area contributed by atoms with Crippen molar-refractivity contribution < 1.29 is 4.79 Å². The number of aromatic nitrogens is 4. The molecule has 0 spiro atoms. The van der Waals surface area contributed by atoms with Crippen LogP contribution in [0.5, 0.6) is 0 Å². The largest absolute Gasteiger partial charge is 0.298 e. The molecule has 0 radical (unpaired) electrons. The van der Waals surface area contributed by atoms with Gasteiger partial charge in [-0.1, -0.05) is 23.9 Å². The molecule has 2 aromatic heterocycles. The number of thioether (sulfide) groups is 1. The first kappa shape index (κ1) is 16.3. The molecule has 0 unspecified atom stereocenters. The van der Waals surface area contributed by atoms with E-state index in [0.717, 1.165) is 35.0 Å². The van der Waals surface area contributed by atoms with E-state index in [1.165, 1.54) is 24.0 Å². The summed E-state index contributed by atoms with van der Waals surface area (Å²) in [4.78, 5) is 22.4. The Hall–Kier alpha value is -2.19. The highest BCUT2D eigenvalue weighted by molar-refractivity contribution is 7.98. The average Bonchev–Trinajstić information content (AvgIpc) is 3.29. The smallest absolute Gasteiger partial charge is 0.257 e. The topological polar surface area (TPSA) is 83.6 Å². The summed E-state index contributed by atoms with van der Waals surface area (Å²) in [6.07, 6.45) is 6.01. The monoisotopic (exact) mass is 371 g/mol. The highest BCUT2D eigenvalue weighted by Gasteiger charge is 2.16. The number of thiazole rings is 1. The molecule has 1 aromatic carbocycles. The van der Waals surface area contributed by atoms with E-state index >= 15 is 0 Å². The van der Waals surface area contributed by atoms with Gasteiger partial charge >= 0.3 is 0 Å². The van der Waals surface area contributed by atoms with Gasteiger partial charge < -0.3 is 0 Å². The Morgan fingerprint density at radius 1 is 1.24 bits per heavy atom. The number of anilines is 1. The molecule has 8 heteroatoms. The maximum Gasteiger partial charge on any atom is 0.257 e. The summed E-state index contributed by atoms with van der Waals surface area (Å²) in [5.41, 5.74) is 2.93. The fourth-order valence-corrected chi connectivity index (χ4v) is 4.52. The molecule has 2 heterocycles. The van der Waals surface area contributed by atoms with Crippen molar-refractivity contribution in [3.8, 4) is 0 Å². The summed E-state index contributed by atoms with van der Waals surface area (Å²) in [6.45, 7) is 0. The van der Waals surface area contributed by atoms with Gasteiger partial charge in [0, 0.05) is 16.2 Å². The van der Waals surface area contributed by atoms with Crippen molar-refractivity contribution in [1.82, 2.24) is 20.2 Å². The molecular formula is C17H17N5OS2. The van der Waals surface area contributed by atoms with Crippen molar-refractivity contribution in [3.63, 3.8) is 0 Å². The van der Waals surface area contributed by atoms with Gasteiger partial charge in [-0.25, -0.2) is 9.97 Å². The van der Waals surface area contributed by atoms with Crippen molar-refractivity contribution in [2.24, 2.45) is 0 Å². The van der Waals surface area contributed by atoms with Crippen molar-refractivity contribution >= 4 is 34.1 Å². The molecule has 2 N–H and O–H groups in total. The zero-order valence-electron chi connectivity index (χ0n) is 13.5. The summed E-state index contributed by atoms with van der Waals surface area (Å²) in [7, 11) is 0. The minimum Gasteiger partial charge on any atom is -0.298 e. The Morgan fingerprint density at radius 3 is 2.84 bits per heavy atom. The van der Waals surface area contributed by atoms with Crippen LogP contribution in [0.3, 0.4) is 0 Å². The third-order valence-corrected chi connectivity index (χ3v) is 6.07. The summed E-state index contributed by atoms with van der Waals surface area (Å²) >= 11 is 3.18. The molecule has 3 aromatic rings. The molecule has 4 rings (SSSR count). The molecule has 0 fully saturated rings. The number of fused-ring (bicyclic) bond motifs is 1. The minimum absolute atomic E-state index is 0.111. The van der Waals surface area contributed by atoms with Gasteiger partial charge in [0.05, 0.1) is 5.69 Å². The Balaban J connectivity index is 1.37. The van der Waals surface area contributed by atoms with Gasteiger partial charge in [-0.2, -0.15) is 5.10 Å². The van der Waals surface area contributed by atoms with Crippen LogP contribution in [0.1, 0.15) is 39.3 Å². The second-order valence-electron chi connectivity index (χ2n) is 5.83. The van der Waals surface area contributed by atoms with E-state index in [4.69, 9.17) is 0 Å². The normalized spacial score (nSPS) is 13.4. The number of aromatic amines is 1. The van der Waals surface area contributed by atoms with Gasteiger partial charge in [0.25, 0.3) is 5.91 Å². The first-order valence-electron chi connectivity index (χ1n) is 8.15. The van der Waals surface area contributed by atoms with Crippen LogP contribution in [-0.4, -0.2) is 26.1 Å². The molecule has 1 aliphatic carbocycles. The van der Waals surface area contributed by atoms with E-state index in [0.29, 0.717) is 10.7 Å². The lowest BCUT2D eigenvalue weighted by Crippen LogP contribution is -2.11. The zero-order chi connectivity index (χ0) is 17.1. The zero-order valence-corrected chi connectivity index (χ0v) is 15.1. The Kier molecular flexibility index (Phi) is 4.80. The number of carbonyl (C=O) groups is 1. The van der Waals surface area contributed by atoms with Crippen LogP contribution in [-0.2, 0) is 18.6 Å². The van der Waals surface area contributed by atoms with E-state index in [9.17, 15) is 4.79 Å². The van der Waals surface area contributed by atoms with Crippen LogP contribution >= 0.6 is 23.1 Å². The summed E-state index contributed by atoms with van der Waals surface area (Å²) in [5.74, 6) is 0.663. The number of rotatable bonds is 5. The van der Waals surface area contributed by atoms with Crippen LogP contribution < -0.4 is 5.32 Å². The van der Waals surface area contributed by atoms with Crippen LogP contribution in [0.15, 0.2) is 35.7 Å². The third kappa shape index (κ3) is 3.91. The Bertz CT molecular complexity index is 834. The second-order valence-corrected chi connectivity index (χ2v) is 7.87. The number of H-pyrrole nitrogens is 1. The minimum atomic E-state index is -0.111. The molecular weight excluding hydrogens is 354 g/mol. The summed E-state index contributed by atoms with van der Waals surface area (Å²) in [5, 5.41) is 11.1. The van der Waals surface area contributed by atoms with Crippen LogP contribution in [0.2, 0.25) is 0 Å². The van der Waals surface area contributed by atoms with Crippen LogP contribution in [0.4, 0.5) is 5.13 Å². The van der Waals surface area contributed by atoms with Crippen molar-refractivity contribution in [2.45, 2.75) is 36.6 Å². The number of hydrogen-bond donors (Lipinski definition) is 2. The number of hydrogen-bond acceptors (Lipinski definition) is 6. The van der Waals surface area contributed by atoms with Crippen molar-refractivity contribution in [3.05, 3.63) is 52.3 Å². The summed E-state index contributed by atoms with van der Waals surface area (Å²) in [6, 6.07) is 7.62. The van der Waals surface area contributed by atoms with E-state index in [-0.39, 0.29) is 5.91 Å².